The fourth-order valence-electron chi connectivity index (χ4n) is 1.80. The van der Waals surface area contributed by atoms with Gasteiger partial charge < -0.3 is 14.2 Å². The van der Waals surface area contributed by atoms with Crippen LogP contribution in [0.3, 0.4) is 0 Å². The standard InChI is InChI=1S/C15H16N2O3S2/c1-15(2)19-9-12(20-15)8-18-14-16-13(17-22-14)21-10-11-6-4-3-5-7-11/h3-7,9H,8,10H2,1-2H3. The normalized spacial score (nSPS) is 15.8. The molecule has 1 aliphatic rings. The topological polar surface area (TPSA) is 53.5 Å². The van der Waals surface area contributed by atoms with E-state index < -0.39 is 5.79 Å². The Balaban J connectivity index is 1.47. The third kappa shape index (κ3) is 4.14. The van der Waals surface area contributed by atoms with Gasteiger partial charge in [-0.25, -0.2) is 0 Å². The van der Waals surface area contributed by atoms with Gasteiger partial charge in [0.1, 0.15) is 6.26 Å². The quantitative estimate of drug-likeness (QED) is 0.747. The molecule has 3 rings (SSSR count). The van der Waals surface area contributed by atoms with Gasteiger partial charge in [0.2, 0.25) is 10.9 Å². The van der Waals surface area contributed by atoms with Crippen LogP contribution < -0.4 is 4.74 Å². The smallest absolute Gasteiger partial charge is 0.294 e. The highest BCUT2D eigenvalue weighted by Gasteiger charge is 2.27. The van der Waals surface area contributed by atoms with Crippen LogP contribution in [0.1, 0.15) is 19.4 Å². The molecule has 0 atom stereocenters. The molecule has 0 bridgehead atoms. The first-order valence-corrected chi connectivity index (χ1v) is 8.56. The van der Waals surface area contributed by atoms with Crippen LogP contribution in [0.2, 0.25) is 0 Å². The van der Waals surface area contributed by atoms with E-state index in [2.05, 4.69) is 21.5 Å². The zero-order chi connectivity index (χ0) is 15.4. The largest absolute Gasteiger partial charge is 0.461 e. The maximum atomic E-state index is 5.57. The summed E-state index contributed by atoms with van der Waals surface area (Å²) in [5.74, 6) is 0.878. The van der Waals surface area contributed by atoms with Crippen molar-refractivity contribution in [2.75, 3.05) is 6.61 Å². The Bertz CT molecular complexity index is 656. The second-order valence-corrected chi connectivity index (χ2v) is 6.77. The van der Waals surface area contributed by atoms with Crippen LogP contribution >= 0.6 is 23.3 Å². The molecule has 0 aliphatic carbocycles. The summed E-state index contributed by atoms with van der Waals surface area (Å²) in [4.78, 5) is 4.35. The summed E-state index contributed by atoms with van der Waals surface area (Å²) in [6.45, 7) is 3.99. The fourth-order valence-corrected chi connectivity index (χ4v) is 3.26. The Morgan fingerprint density at radius 2 is 2.09 bits per heavy atom. The summed E-state index contributed by atoms with van der Waals surface area (Å²) in [6.07, 6.45) is 1.58. The minimum Gasteiger partial charge on any atom is -0.461 e. The number of hydrogen-bond acceptors (Lipinski definition) is 7. The number of ether oxygens (including phenoxy) is 3. The van der Waals surface area contributed by atoms with Crippen LogP contribution in [0.15, 0.2) is 47.5 Å². The van der Waals surface area contributed by atoms with E-state index in [0.29, 0.717) is 17.6 Å². The first-order chi connectivity index (χ1) is 10.6. The lowest BCUT2D eigenvalue weighted by molar-refractivity contribution is -0.119. The Morgan fingerprint density at radius 1 is 1.27 bits per heavy atom. The predicted molar refractivity (Wildman–Crippen MR) is 85.7 cm³/mol. The minimum atomic E-state index is -0.615. The van der Waals surface area contributed by atoms with E-state index in [0.717, 1.165) is 10.9 Å². The molecule has 0 saturated heterocycles. The van der Waals surface area contributed by atoms with E-state index in [4.69, 9.17) is 14.2 Å². The van der Waals surface area contributed by atoms with E-state index in [9.17, 15) is 0 Å². The molecule has 7 heteroatoms. The van der Waals surface area contributed by atoms with Gasteiger partial charge in [-0.1, -0.05) is 42.1 Å². The molecule has 0 unspecified atom stereocenters. The van der Waals surface area contributed by atoms with Gasteiger partial charge in [-0.2, -0.15) is 9.36 Å². The number of hydrogen-bond donors (Lipinski definition) is 0. The molecular formula is C15H16N2O3S2. The second-order valence-electron chi connectivity index (χ2n) is 5.11. The highest BCUT2D eigenvalue weighted by Crippen LogP contribution is 2.27. The van der Waals surface area contributed by atoms with Crippen molar-refractivity contribution in [2.45, 2.75) is 30.5 Å². The highest BCUT2D eigenvalue weighted by atomic mass is 32.2. The number of rotatable bonds is 6. The summed E-state index contributed by atoms with van der Waals surface area (Å²) in [5.41, 5.74) is 1.24. The van der Waals surface area contributed by atoms with Crippen LogP contribution in [0.4, 0.5) is 0 Å². The number of nitrogens with zero attached hydrogens (tertiary/aromatic N) is 2. The molecule has 0 amide bonds. The second kappa shape index (κ2) is 6.58. The Morgan fingerprint density at radius 3 is 2.82 bits per heavy atom. The van der Waals surface area contributed by atoms with Gasteiger partial charge in [0.25, 0.3) is 5.19 Å². The summed E-state index contributed by atoms with van der Waals surface area (Å²) >= 11 is 2.83. The molecule has 5 nitrogen and oxygen atoms in total. The van der Waals surface area contributed by atoms with Crippen LogP contribution in [-0.2, 0) is 15.2 Å². The molecule has 0 spiro atoms. The summed E-state index contributed by atoms with van der Waals surface area (Å²) in [5, 5.41) is 1.26. The highest BCUT2D eigenvalue weighted by molar-refractivity contribution is 7.98. The third-order valence-corrected chi connectivity index (χ3v) is 4.45. The van der Waals surface area contributed by atoms with Crippen LogP contribution in [-0.4, -0.2) is 21.8 Å². The Kier molecular flexibility index (Phi) is 4.54. The lowest BCUT2D eigenvalue weighted by Crippen LogP contribution is -2.21. The van der Waals surface area contributed by atoms with E-state index in [1.54, 1.807) is 18.0 Å². The van der Waals surface area contributed by atoms with Crippen molar-refractivity contribution in [1.29, 1.82) is 0 Å². The molecule has 2 heterocycles. The summed E-state index contributed by atoms with van der Waals surface area (Å²) in [6, 6.07) is 10.2. The lowest BCUT2D eigenvalue weighted by Gasteiger charge is -2.17. The van der Waals surface area contributed by atoms with Gasteiger partial charge in [-0.3, -0.25) is 0 Å². The molecule has 0 fully saturated rings. The van der Waals surface area contributed by atoms with Crippen molar-refractivity contribution in [2.24, 2.45) is 0 Å². The van der Waals surface area contributed by atoms with Gasteiger partial charge in [0.05, 0.1) is 0 Å². The average Bonchev–Trinajstić information content (AvgIpc) is 3.10. The molecule has 1 aromatic carbocycles. The first-order valence-electron chi connectivity index (χ1n) is 6.80. The van der Waals surface area contributed by atoms with E-state index in [1.165, 1.54) is 17.1 Å². The molecule has 0 N–H and O–H groups in total. The van der Waals surface area contributed by atoms with E-state index in [1.807, 2.05) is 32.0 Å². The van der Waals surface area contributed by atoms with Gasteiger partial charge in [-0.15, -0.1) is 0 Å². The summed E-state index contributed by atoms with van der Waals surface area (Å²) in [7, 11) is 0. The Hall–Kier alpha value is -1.73. The Labute approximate surface area is 137 Å². The van der Waals surface area contributed by atoms with Crippen molar-refractivity contribution < 1.29 is 14.2 Å². The van der Waals surface area contributed by atoms with Crippen LogP contribution in [0.25, 0.3) is 0 Å². The zero-order valence-electron chi connectivity index (χ0n) is 12.3. The van der Waals surface area contributed by atoms with Crippen LogP contribution in [0.5, 0.6) is 5.19 Å². The van der Waals surface area contributed by atoms with Crippen molar-refractivity contribution in [3.63, 3.8) is 0 Å². The molecule has 1 aromatic heterocycles. The molecule has 22 heavy (non-hydrogen) atoms. The molecule has 2 aromatic rings. The van der Waals surface area contributed by atoms with Gasteiger partial charge in [-0.05, 0) is 5.56 Å². The fraction of sp³-hybridized carbons (Fsp3) is 0.333. The first kappa shape index (κ1) is 15.2. The molecule has 116 valence electrons. The maximum Gasteiger partial charge on any atom is 0.294 e. The van der Waals surface area contributed by atoms with Crippen molar-refractivity contribution in [1.82, 2.24) is 9.36 Å². The molecule has 1 aliphatic heterocycles. The summed E-state index contributed by atoms with van der Waals surface area (Å²) < 4.78 is 20.7. The predicted octanol–water partition coefficient (Wildman–Crippen LogP) is 3.83. The SMILES string of the molecule is CC1(C)OC=C(COc2nc(SCc3ccccc3)ns2)O1. The minimum absolute atomic E-state index is 0.293. The van der Waals surface area contributed by atoms with E-state index >= 15 is 0 Å². The lowest BCUT2D eigenvalue weighted by atomic mass is 10.2. The molecule has 0 saturated carbocycles. The van der Waals surface area contributed by atoms with Gasteiger partial charge in [0.15, 0.2) is 12.4 Å². The third-order valence-electron chi connectivity index (χ3n) is 2.79. The monoisotopic (exact) mass is 336 g/mol. The molecule has 0 radical (unpaired) electrons. The number of thioether (sulfide) groups is 1. The van der Waals surface area contributed by atoms with Crippen molar-refractivity contribution >= 4 is 23.3 Å². The number of aromatic nitrogens is 2. The van der Waals surface area contributed by atoms with Gasteiger partial charge >= 0.3 is 0 Å². The molecular weight excluding hydrogens is 320 g/mol. The van der Waals surface area contributed by atoms with Gasteiger partial charge in [0, 0.05) is 31.1 Å². The van der Waals surface area contributed by atoms with Crippen molar-refractivity contribution in [3.05, 3.63) is 47.9 Å². The zero-order valence-corrected chi connectivity index (χ0v) is 13.9. The van der Waals surface area contributed by atoms with Crippen molar-refractivity contribution in [3.8, 4) is 5.19 Å². The number of benzene rings is 1. The van der Waals surface area contributed by atoms with Crippen LogP contribution in [0, 0.1) is 0 Å². The average molecular weight is 336 g/mol. The maximum absolute atomic E-state index is 5.57. The van der Waals surface area contributed by atoms with E-state index in [-0.39, 0.29) is 0 Å².